The van der Waals surface area contributed by atoms with E-state index < -0.39 is 5.97 Å². The molecule has 0 spiro atoms. The molecular weight excluding hydrogens is 130 g/mol. The second-order valence-corrected chi connectivity index (χ2v) is 2.89. The lowest BCUT2D eigenvalue weighted by molar-refractivity contribution is -0.142. The Morgan fingerprint density at radius 2 is 2.30 bits per heavy atom. The molecule has 1 rings (SSSR count). The standard InChI is InChI=1S/C7H13NO2/c1-6(7(9)10)5-8-3-2-4-8/h6H,2-5H2,1H3,(H,9,10)/t6-/m1/s1. The van der Waals surface area contributed by atoms with E-state index in [1.54, 1.807) is 6.92 Å². The van der Waals surface area contributed by atoms with E-state index in [0.29, 0.717) is 0 Å². The van der Waals surface area contributed by atoms with E-state index in [2.05, 4.69) is 4.90 Å². The molecular formula is C7H13NO2. The zero-order valence-corrected chi connectivity index (χ0v) is 6.21. The molecule has 0 aromatic rings. The van der Waals surface area contributed by atoms with Crippen molar-refractivity contribution < 1.29 is 9.90 Å². The topological polar surface area (TPSA) is 40.5 Å². The molecule has 1 saturated heterocycles. The zero-order valence-electron chi connectivity index (χ0n) is 6.21. The van der Waals surface area contributed by atoms with Gasteiger partial charge in [0.2, 0.25) is 0 Å². The molecule has 1 aliphatic heterocycles. The zero-order chi connectivity index (χ0) is 7.56. The monoisotopic (exact) mass is 143 g/mol. The van der Waals surface area contributed by atoms with Crippen LogP contribution in [0.4, 0.5) is 0 Å². The Balaban J connectivity index is 2.16. The molecule has 0 bridgehead atoms. The molecule has 0 amide bonds. The Hall–Kier alpha value is -0.570. The minimum absolute atomic E-state index is 0.208. The van der Waals surface area contributed by atoms with Crippen molar-refractivity contribution in [2.24, 2.45) is 5.92 Å². The Bertz CT molecular complexity index is 132. The van der Waals surface area contributed by atoms with E-state index in [-0.39, 0.29) is 5.92 Å². The molecule has 10 heavy (non-hydrogen) atoms. The quantitative estimate of drug-likeness (QED) is 0.622. The van der Waals surface area contributed by atoms with Gasteiger partial charge in [0.15, 0.2) is 0 Å². The highest BCUT2D eigenvalue weighted by Gasteiger charge is 2.19. The van der Waals surface area contributed by atoms with Crippen molar-refractivity contribution >= 4 is 5.97 Å². The van der Waals surface area contributed by atoms with Gasteiger partial charge in [0, 0.05) is 6.54 Å². The van der Waals surface area contributed by atoms with Gasteiger partial charge in [0.05, 0.1) is 5.92 Å². The first kappa shape index (κ1) is 7.54. The summed E-state index contributed by atoms with van der Waals surface area (Å²) in [7, 11) is 0. The summed E-state index contributed by atoms with van der Waals surface area (Å²) in [5.41, 5.74) is 0. The van der Waals surface area contributed by atoms with Gasteiger partial charge in [-0.2, -0.15) is 0 Å². The van der Waals surface area contributed by atoms with E-state index >= 15 is 0 Å². The molecule has 0 saturated carbocycles. The van der Waals surface area contributed by atoms with Crippen LogP contribution in [0.2, 0.25) is 0 Å². The van der Waals surface area contributed by atoms with Gasteiger partial charge < -0.3 is 10.0 Å². The molecule has 0 unspecified atom stereocenters. The SMILES string of the molecule is C[C@H](CN1CCC1)C(=O)O. The van der Waals surface area contributed by atoms with Gasteiger partial charge in [-0.1, -0.05) is 6.92 Å². The molecule has 58 valence electrons. The average molecular weight is 143 g/mol. The number of nitrogens with zero attached hydrogens (tertiary/aromatic N) is 1. The molecule has 0 radical (unpaired) electrons. The summed E-state index contributed by atoms with van der Waals surface area (Å²) in [5.74, 6) is -0.896. The molecule has 0 aromatic carbocycles. The van der Waals surface area contributed by atoms with Crippen LogP contribution >= 0.6 is 0 Å². The van der Waals surface area contributed by atoms with Gasteiger partial charge in [-0.25, -0.2) is 0 Å². The summed E-state index contributed by atoms with van der Waals surface area (Å²) < 4.78 is 0. The number of aliphatic carboxylic acids is 1. The molecule has 1 atom stereocenters. The number of carboxylic acid groups (broad SMARTS) is 1. The fraction of sp³-hybridized carbons (Fsp3) is 0.857. The lowest BCUT2D eigenvalue weighted by atomic mass is 10.1. The van der Waals surface area contributed by atoms with Gasteiger partial charge in [0.25, 0.3) is 0 Å². The van der Waals surface area contributed by atoms with Crippen LogP contribution in [0.25, 0.3) is 0 Å². The molecule has 0 aromatic heterocycles. The van der Waals surface area contributed by atoms with Gasteiger partial charge in [-0.05, 0) is 19.5 Å². The molecule has 0 aliphatic carbocycles. The average Bonchev–Trinajstić information content (AvgIpc) is 1.77. The highest BCUT2D eigenvalue weighted by molar-refractivity contribution is 5.69. The maximum absolute atomic E-state index is 10.3. The van der Waals surface area contributed by atoms with Gasteiger partial charge >= 0.3 is 5.97 Å². The van der Waals surface area contributed by atoms with Crippen LogP contribution in [-0.2, 0) is 4.79 Å². The third-order valence-electron chi connectivity index (χ3n) is 1.90. The molecule has 1 aliphatic rings. The normalized spacial score (nSPS) is 21.7. The van der Waals surface area contributed by atoms with Crippen molar-refractivity contribution in [1.82, 2.24) is 4.90 Å². The van der Waals surface area contributed by atoms with Crippen LogP contribution in [0.1, 0.15) is 13.3 Å². The lowest BCUT2D eigenvalue weighted by Crippen LogP contribution is -2.41. The Labute approximate surface area is 60.6 Å². The summed E-state index contributed by atoms with van der Waals surface area (Å²) in [4.78, 5) is 12.5. The van der Waals surface area contributed by atoms with Gasteiger partial charge in [0.1, 0.15) is 0 Å². The molecule has 3 heteroatoms. The Morgan fingerprint density at radius 1 is 1.70 bits per heavy atom. The van der Waals surface area contributed by atoms with Crippen molar-refractivity contribution in [2.75, 3.05) is 19.6 Å². The Kier molecular flexibility index (Phi) is 2.27. The van der Waals surface area contributed by atoms with E-state index in [1.807, 2.05) is 0 Å². The van der Waals surface area contributed by atoms with E-state index in [9.17, 15) is 4.79 Å². The fourth-order valence-electron chi connectivity index (χ4n) is 1.03. The van der Waals surface area contributed by atoms with Gasteiger partial charge in [-0.15, -0.1) is 0 Å². The van der Waals surface area contributed by atoms with Crippen molar-refractivity contribution in [3.63, 3.8) is 0 Å². The third-order valence-corrected chi connectivity index (χ3v) is 1.90. The lowest BCUT2D eigenvalue weighted by Gasteiger charge is -2.31. The number of rotatable bonds is 3. The van der Waals surface area contributed by atoms with Crippen LogP contribution in [0, 0.1) is 5.92 Å². The van der Waals surface area contributed by atoms with Crippen LogP contribution in [0.5, 0.6) is 0 Å². The second kappa shape index (κ2) is 3.01. The summed E-state index contributed by atoms with van der Waals surface area (Å²) in [5, 5.41) is 8.52. The summed E-state index contributed by atoms with van der Waals surface area (Å²) in [6.07, 6.45) is 1.23. The predicted octanol–water partition coefficient (Wildman–Crippen LogP) is 0.413. The van der Waals surface area contributed by atoms with Crippen molar-refractivity contribution in [1.29, 1.82) is 0 Å². The van der Waals surface area contributed by atoms with Crippen LogP contribution in [0.15, 0.2) is 0 Å². The number of hydrogen-bond donors (Lipinski definition) is 1. The summed E-state index contributed by atoms with van der Waals surface area (Å²) >= 11 is 0. The predicted molar refractivity (Wildman–Crippen MR) is 37.9 cm³/mol. The van der Waals surface area contributed by atoms with E-state index in [0.717, 1.165) is 19.6 Å². The minimum Gasteiger partial charge on any atom is -0.481 e. The summed E-state index contributed by atoms with van der Waals surface area (Å²) in [6.45, 7) is 4.63. The van der Waals surface area contributed by atoms with Crippen molar-refractivity contribution in [3.05, 3.63) is 0 Å². The van der Waals surface area contributed by atoms with Crippen LogP contribution < -0.4 is 0 Å². The highest BCUT2D eigenvalue weighted by Crippen LogP contribution is 2.08. The van der Waals surface area contributed by atoms with Crippen molar-refractivity contribution in [2.45, 2.75) is 13.3 Å². The Morgan fingerprint density at radius 3 is 2.60 bits per heavy atom. The first-order valence-electron chi connectivity index (χ1n) is 3.65. The van der Waals surface area contributed by atoms with E-state index in [1.165, 1.54) is 6.42 Å². The first-order chi connectivity index (χ1) is 4.70. The number of hydrogen-bond acceptors (Lipinski definition) is 2. The molecule has 1 fully saturated rings. The minimum atomic E-state index is -0.688. The first-order valence-corrected chi connectivity index (χ1v) is 3.65. The van der Waals surface area contributed by atoms with Crippen LogP contribution in [0.3, 0.4) is 0 Å². The van der Waals surface area contributed by atoms with Crippen molar-refractivity contribution in [3.8, 4) is 0 Å². The van der Waals surface area contributed by atoms with Gasteiger partial charge in [-0.3, -0.25) is 4.79 Å². The molecule has 3 nitrogen and oxygen atoms in total. The fourth-order valence-corrected chi connectivity index (χ4v) is 1.03. The second-order valence-electron chi connectivity index (χ2n) is 2.89. The largest absolute Gasteiger partial charge is 0.481 e. The number of likely N-dealkylation sites (tertiary alicyclic amines) is 1. The van der Waals surface area contributed by atoms with Crippen LogP contribution in [-0.4, -0.2) is 35.6 Å². The van der Waals surface area contributed by atoms with E-state index in [4.69, 9.17) is 5.11 Å². The maximum Gasteiger partial charge on any atom is 0.307 e. The number of carbonyl (C=O) groups is 1. The third kappa shape index (κ3) is 1.70. The maximum atomic E-state index is 10.3. The smallest absolute Gasteiger partial charge is 0.307 e. The molecule has 1 N–H and O–H groups in total. The highest BCUT2D eigenvalue weighted by atomic mass is 16.4. The number of carboxylic acids is 1. The molecule has 1 heterocycles. The summed E-state index contributed by atoms with van der Waals surface area (Å²) in [6, 6.07) is 0.